The maximum atomic E-state index is 14.8. The van der Waals surface area contributed by atoms with Crippen molar-refractivity contribution < 1.29 is 29.3 Å². The van der Waals surface area contributed by atoms with Crippen LogP contribution in [0.2, 0.25) is 0 Å². The number of phenols is 2. The Balaban J connectivity index is 1.87. The van der Waals surface area contributed by atoms with E-state index in [1.165, 1.54) is 30.3 Å². The smallest absolute Gasteiger partial charge is 0.167 e. The molecular formula is C31H35FN2O5. The third-order valence-electron chi connectivity index (χ3n) is 7.74. The molecule has 0 unspecified atom stereocenters. The van der Waals surface area contributed by atoms with E-state index in [1.54, 1.807) is 57.2 Å². The maximum Gasteiger partial charge on any atom is 0.167 e. The molecule has 206 valence electrons. The number of aromatic hydroxyl groups is 2. The van der Waals surface area contributed by atoms with Gasteiger partial charge in [-0.15, -0.1) is 0 Å². The Bertz CT molecular complexity index is 1300. The monoisotopic (exact) mass is 534 g/mol. The zero-order valence-electron chi connectivity index (χ0n) is 22.3. The fourth-order valence-electron chi connectivity index (χ4n) is 5.45. The number of aliphatic hydroxyl groups is 1. The van der Waals surface area contributed by atoms with E-state index in [4.69, 9.17) is 5.73 Å². The molecule has 3 aromatic rings. The number of likely N-dealkylation sites (tertiary alicyclic amines) is 1. The molecule has 0 saturated carbocycles. The van der Waals surface area contributed by atoms with Crippen LogP contribution >= 0.6 is 0 Å². The van der Waals surface area contributed by atoms with Crippen LogP contribution in [0.4, 0.5) is 4.39 Å². The molecule has 0 radical (unpaired) electrons. The molecule has 3 aromatic carbocycles. The maximum absolute atomic E-state index is 14.8. The van der Waals surface area contributed by atoms with Crippen molar-refractivity contribution in [3.63, 3.8) is 0 Å². The molecule has 0 spiro atoms. The van der Waals surface area contributed by atoms with Crippen molar-refractivity contribution in [1.29, 1.82) is 0 Å². The lowest BCUT2D eigenvalue weighted by Crippen LogP contribution is -2.56. The predicted octanol–water partition coefficient (Wildman–Crippen LogP) is 4.04. The van der Waals surface area contributed by atoms with Gasteiger partial charge in [-0.2, -0.15) is 0 Å². The van der Waals surface area contributed by atoms with Crippen LogP contribution in [0.25, 0.3) is 0 Å². The predicted molar refractivity (Wildman–Crippen MR) is 146 cm³/mol. The van der Waals surface area contributed by atoms with Crippen LogP contribution in [0.3, 0.4) is 0 Å². The summed E-state index contributed by atoms with van der Waals surface area (Å²) in [5.74, 6) is -3.44. The molecule has 1 aliphatic heterocycles. The number of nitrogens with zero attached hydrogens (tertiary/aromatic N) is 1. The summed E-state index contributed by atoms with van der Waals surface area (Å²) in [4.78, 5) is 30.0. The van der Waals surface area contributed by atoms with E-state index in [-0.39, 0.29) is 53.8 Å². The van der Waals surface area contributed by atoms with Gasteiger partial charge in [0.05, 0.1) is 5.60 Å². The molecule has 0 amide bonds. The summed E-state index contributed by atoms with van der Waals surface area (Å²) in [6.07, 6.45) is 0. The summed E-state index contributed by atoms with van der Waals surface area (Å²) >= 11 is 0. The van der Waals surface area contributed by atoms with E-state index in [2.05, 4.69) is 0 Å². The highest BCUT2D eigenvalue weighted by molar-refractivity contribution is 6.02. The average Bonchev–Trinajstić information content (AvgIpc) is 2.88. The Morgan fingerprint density at radius 3 is 1.90 bits per heavy atom. The fourth-order valence-corrected chi connectivity index (χ4v) is 5.45. The van der Waals surface area contributed by atoms with Gasteiger partial charge in [-0.25, -0.2) is 4.39 Å². The summed E-state index contributed by atoms with van der Waals surface area (Å²) in [7, 11) is 0. The second-order valence-electron chi connectivity index (χ2n) is 11.0. The zero-order chi connectivity index (χ0) is 28.5. The highest BCUT2D eigenvalue weighted by atomic mass is 19.1. The number of carbonyl (C=O) groups is 2. The molecule has 1 heterocycles. The summed E-state index contributed by atoms with van der Waals surface area (Å²) in [5.41, 5.74) is 6.55. The van der Waals surface area contributed by atoms with Gasteiger partial charge in [-0.3, -0.25) is 9.59 Å². The summed E-state index contributed by atoms with van der Waals surface area (Å²) < 4.78 is 14.8. The Morgan fingerprint density at radius 1 is 0.949 bits per heavy atom. The van der Waals surface area contributed by atoms with Crippen LogP contribution in [0.15, 0.2) is 66.7 Å². The topological polar surface area (TPSA) is 124 Å². The second-order valence-corrected chi connectivity index (χ2v) is 11.0. The lowest BCUT2D eigenvalue weighted by atomic mass is 9.67. The van der Waals surface area contributed by atoms with E-state index in [0.717, 1.165) is 0 Å². The van der Waals surface area contributed by atoms with E-state index >= 15 is 0 Å². The molecule has 4 rings (SSSR count). The second kappa shape index (κ2) is 11.3. The number of piperidine rings is 1. The van der Waals surface area contributed by atoms with E-state index in [9.17, 15) is 29.3 Å². The van der Waals surface area contributed by atoms with Gasteiger partial charge < -0.3 is 26.0 Å². The van der Waals surface area contributed by atoms with Gasteiger partial charge in [-0.05, 0) is 62.2 Å². The summed E-state index contributed by atoms with van der Waals surface area (Å²) in [6, 6.07) is 16.0. The molecule has 1 saturated heterocycles. The highest BCUT2D eigenvalue weighted by Crippen LogP contribution is 2.43. The first-order valence-electron chi connectivity index (χ1n) is 13.0. The molecule has 1 aliphatic rings. The van der Waals surface area contributed by atoms with Crippen molar-refractivity contribution in [3.05, 3.63) is 94.8 Å². The van der Waals surface area contributed by atoms with Gasteiger partial charge in [0.2, 0.25) is 0 Å². The van der Waals surface area contributed by atoms with E-state index in [0.29, 0.717) is 11.1 Å². The minimum Gasteiger partial charge on any atom is -0.508 e. The number of carbonyl (C=O) groups excluding carboxylic acids is 2. The molecule has 39 heavy (non-hydrogen) atoms. The number of Topliss-reactive ketones (excluding diaryl/α,β-unsaturated/α-hetero) is 2. The molecule has 1 fully saturated rings. The van der Waals surface area contributed by atoms with Gasteiger partial charge in [-0.1, -0.05) is 36.4 Å². The Kier molecular flexibility index (Phi) is 8.20. The number of hydrogen-bond donors (Lipinski definition) is 4. The average molecular weight is 535 g/mol. The fraction of sp³-hybridized carbons (Fsp3) is 0.355. The minimum absolute atomic E-state index is 0.0663. The van der Waals surface area contributed by atoms with Crippen LogP contribution in [-0.4, -0.2) is 63.1 Å². The lowest BCUT2D eigenvalue weighted by molar-refractivity contribution is 0.0206. The van der Waals surface area contributed by atoms with Crippen molar-refractivity contribution in [2.24, 2.45) is 17.6 Å². The number of rotatable bonds is 8. The summed E-state index contributed by atoms with van der Waals surface area (Å²) in [5, 5.41) is 30.6. The number of halogens is 1. The van der Waals surface area contributed by atoms with Crippen molar-refractivity contribution in [2.45, 2.75) is 38.3 Å². The number of phenolic OH excluding ortho intramolecular Hbond substituents is 2. The Morgan fingerprint density at radius 2 is 1.44 bits per heavy atom. The molecule has 3 atom stereocenters. The van der Waals surface area contributed by atoms with Crippen LogP contribution in [-0.2, 0) is 0 Å². The number of benzene rings is 3. The molecule has 0 aromatic heterocycles. The van der Waals surface area contributed by atoms with Crippen LogP contribution < -0.4 is 5.73 Å². The molecule has 5 N–H and O–H groups in total. The molecule has 8 heteroatoms. The van der Waals surface area contributed by atoms with Crippen molar-refractivity contribution in [1.82, 2.24) is 4.90 Å². The number of nitrogens with two attached hydrogens (primary N) is 1. The molecule has 0 bridgehead atoms. The molecular weight excluding hydrogens is 499 g/mol. The number of ketones is 2. The van der Waals surface area contributed by atoms with E-state index in [1.807, 2.05) is 4.90 Å². The van der Waals surface area contributed by atoms with Crippen molar-refractivity contribution in [3.8, 4) is 11.5 Å². The lowest BCUT2D eigenvalue weighted by Gasteiger charge is -2.45. The quantitative estimate of drug-likeness (QED) is 0.322. The number of hydrogen-bond acceptors (Lipinski definition) is 7. The Labute approximate surface area is 227 Å². The first-order valence-corrected chi connectivity index (χ1v) is 13.0. The van der Waals surface area contributed by atoms with Gasteiger partial charge in [0.25, 0.3) is 0 Å². The van der Waals surface area contributed by atoms with Crippen molar-refractivity contribution >= 4 is 11.6 Å². The molecule has 7 nitrogen and oxygen atoms in total. The third kappa shape index (κ3) is 6.19. The standard InChI is InChI=1S/C31H35FN2O5/c1-18-23(11-6-12-26(18)32)28-24(29(37)19-7-4-9-21(35)13-19)15-34(17-27(33)31(2,3)39)16-25(28)30(38)20-8-5-10-22(36)14-20/h4-14,24-25,27-28,35-36,39H,15-17,33H2,1-3H3/t24-,25-,27+/m0/s1. The summed E-state index contributed by atoms with van der Waals surface area (Å²) in [6.45, 7) is 5.47. The van der Waals surface area contributed by atoms with Gasteiger partial charge in [0.1, 0.15) is 17.3 Å². The van der Waals surface area contributed by atoms with E-state index < -0.39 is 35.2 Å². The minimum atomic E-state index is -1.20. The zero-order valence-corrected chi connectivity index (χ0v) is 22.3. The SMILES string of the molecule is Cc1c(F)cccc1C1[C@@H](C(=O)c2cccc(O)c2)CN(C[C@@H](N)C(C)(C)O)C[C@@H]1C(=O)c1cccc(O)c1. The van der Waals surface area contributed by atoms with Gasteiger partial charge >= 0.3 is 0 Å². The van der Waals surface area contributed by atoms with Gasteiger partial charge in [0.15, 0.2) is 11.6 Å². The van der Waals surface area contributed by atoms with Crippen molar-refractivity contribution in [2.75, 3.05) is 19.6 Å². The largest absolute Gasteiger partial charge is 0.508 e. The van der Waals surface area contributed by atoms with Crippen LogP contribution in [0.5, 0.6) is 11.5 Å². The first kappa shape index (κ1) is 28.4. The third-order valence-corrected chi connectivity index (χ3v) is 7.74. The van der Waals surface area contributed by atoms with Gasteiger partial charge in [0, 0.05) is 54.6 Å². The highest BCUT2D eigenvalue weighted by Gasteiger charge is 2.46. The van der Waals surface area contributed by atoms with Crippen LogP contribution in [0.1, 0.15) is 51.6 Å². The normalized spacial score (nSPS) is 19.5. The Hall–Kier alpha value is -3.59. The molecule has 0 aliphatic carbocycles. The first-order chi connectivity index (χ1) is 18.4. The van der Waals surface area contributed by atoms with Crippen LogP contribution in [0, 0.1) is 24.6 Å².